The number of nitrogens with one attached hydrogen (secondary N) is 1. The minimum Gasteiger partial charge on any atom is -0.452 e. The van der Waals surface area contributed by atoms with Crippen LogP contribution >= 0.6 is 11.3 Å². The molecule has 1 N–H and O–H groups in total. The molecule has 2 rings (SSSR count). The van der Waals surface area contributed by atoms with E-state index in [1.165, 1.54) is 18.3 Å². The highest BCUT2D eigenvalue weighted by molar-refractivity contribution is 7.08. The number of nitro benzene ring substituents is 1. The smallest absolute Gasteiger partial charge is 0.418 e. The van der Waals surface area contributed by atoms with Crippen molar-refractivity contribution >= 4 is 34.6 Å². The van der Waals surface area contributed by atoms with E-state index in [9.17, 15) is 32.9 Å². The predicted molar refractivity (Wildman–Crippen MR) is 90.3 cm³/mol. The van der Waals surface area contributed by atoms with E-state index in [4.69, 9.17) is 4.74 Å². The Morgan fingerprint density at radius 3 is 2.59 bits per heavy atom. The zero-order valence-electron chi connectivity index (χ0n) is 13.8. The molecule has 1 amide bonds. The minimum atomic E-state index is -4.92. The van der Waals surface area contributed by atoms with E-state index in [1.54, 1.807) is 16.8 Å². The summed E-state index contributed by atoms with van der Waals surface area (Å²) in [5, 5.41) is 16.1. The van der Waals surface area contributed by atoms with E-state index in [0.717, 1.165) is 12.1 Å². The lowest BCUT2D eigenvalue weighted by atomic mass is 10.1. The molecule has 0 saturated heterocycles. The highest BCUT2D eigenvalue weighted by Crippen LogP contribution is 2.37. The number of hydrogen-bond donors (Lipinski definition) is 1. The molecule has 0 aliphatic heterocycles. The molecule has 27 heavy (non-hydrogen) atoms. The Labute approximate surface area is 154 Å². The van der Waals surface area contributed by atoms with Crippen molar-refractivity contribution in [3.63, 3.8) is 0 Å². The fraction of sp³-hybridized carbons (Fsp3) is 0.250. The van der Waals surface area contributed by atoms with E-state index in [-0.39, 0.29) is 6.42 Å². The van der Waals surface area contributed by atoms with Crippen LogP contribution in [0.1, 0.15) is 18.1 Å². The Bertz CT molecular complexity index is 852. The SMILES string of the molecule is C[C@H](OC(=O)Cc1ccsc1)C(=O)Nc1ccc([N+](=O)[O-])cc1C(F)(F)F. The lowest BCUT2D eigenvalue weighted by Gasteiger charge is -2.16. The van der Waals surface area contributed by atoms with Crippen molar-refractivity contribution in [3.8, 4) is 0 Å². The molecule has 1 atom stereocenters. The number of halogens is 3. The van der Waals surface area contributed by atoms with E-state index in [0.29, 0.717) is 11.6 Å². The van der Waals surface area contributed by atoms with Gasteiger partial charge in [-0.15, -0.1) is 0 Å². The summed E-state index contributed by atoms with van der Waals surface area (Å²) < 4.78 is 44.2. The van der Waals surface area contributed by atoms with Gasteiger partial charge in [0.05, 0.1) is 22.6 Å². The first-order valence-corrected chi connectivity index (χ1v) is 8.39. The van der Waals surface area contributed by atoms with Crippen molar-refractivity contribution in [2.45, 2.75) is 25.6 Å². The third-order valence-electron chi connectivity index (χ3n) is 3.38. The van der Waals surface area contributed by atoms with Gasteiger partial charge in [-0.2, -0.15) is 24.5 Å². The third kappa shape index (κ3) is 5.51. The van der Waals surface area contributed by atoms with E-state index < -0.39 is 46.0 Å². The van der Waals surface area contributed by atoms with Crippen LogP contribution < -0.4 is 5.32 Å². The van der Waals surface area contributed by atoms with Crippen LogP contribution in [0.25, 0.3) is 0 Å². The van der Waals surface area contributed by atoms with Crippen molar-refractivity contribution in [1.82, 2.24) is 0 Å². The van der Waals surface area contributed by atoms with Crippen molar-refractivity contribution in [2.75, 3.05) is 5.32 Å². The Kier molecular flexibility index (Phi) is 6.16. The second kappa shape index (κ2) is 8.16. The topological polar surface area (TPSA) is 98.5 Å². The first-order valence-electron chi connectivity index (χ1n) is 7.45. The number of nitrogens with zero attached hydrogens (tertiary/aromatic N) is 1. The molecule has 144 valence electrons. The Hall–Kier alpha value is -2.95. The van der Waals surface area contributed by atoms with Gasteiger partial charge < -0.3 is 10.1 Å². The number of hydrogen-bond acceptors (Lipinski definition) is 6. The molecule has 0 bridgehead atoms. The van der Waals surface area contributed by atoms with Crippen LogP contribution in [0.2, 0.25) is 0 Å². The van der Waals surface area contributed by atoms with E-state index in [2.05, 4.69) is 0 Å². The van der Waals surface area contributed by atoms with Gasteiger partial charge in [-0.05, 0) is 35.4 Å². The zero-order valence-corrected chi connectivity index (χ0v) is 14.6. The fourth-order valence-corrected chi connectivity index (χ4v) is 2.74. The van der Waals surface area contributed by atoms with Crippen molar-refractivity contribution < 1.29 is 32.4 Å². The zero-order chi connectivity index (χ0) is 20.2. The number of ether oxygens (including phenoxy) is 1. The van der Waals surface area contributed by atoms with Crippen LogP contribution in [0.3, 0.4) is 0 Å². The Morgan fingerprint density at radius 2 is 2.04 bits per heavy atom. The highest BCUT2D eigenvalue weighted by Gasteiger charge is 2.36. The molecule has 0 radical (unpaired) electrons. The average Bonchev–Trinajstić information content (AvgIpc) is 3.06. The molecule has 1 heterocycles. The highest BCUT2D eigenvalue weighted by atomic mass is 32.1. The van der Waals surface area contributed by atoms with Gasteiger partial charge in [0.15, 0.2) is 6.10 Å². The molecule has 11 heteroatoms. The molecule has 0 aliphatic rings. The van der Waals surface area contributed by atoms with Gasteiger partial charge >= 0.3 is 12.1 Å². The molecule has 2 aromatic rings. The quantitative estimate of drug-likeness (QED) is 0.450. The molecule has 1 aromatic heterocycles. The molecule has 0 aliphatic carbocycles. The van der Waals surface area contributed by atoms with Crippen molar-refractivity contribution in [2.24, 2.45) is 0 Å². The summed E-state index contributed by atoms with van der Waals surface area (Å²) in [5.74, 6) is -1.70. The number of amides is 1. The molecule has 7 nitrogen and oxygen atoms in total. The molecule has 0 fully saturated rings. The maximum Gasteiger partial charge on any atom is 0.418 e. The second-order valence-corrected chi connectivity index (χ2v) is 6.19. The normalized spacial score (nSPS) is 12.3. The van der Waals surface area contributed by atoms with Crippen molar-refractivity contribution in [3.05, 3.63) is 56.3 Å². The number of alkyl halides is 3. The number of carbonyl (C=O) groups is 2. The monoisotopic (exact) mass is 402 g/mol. The number of non-ortho nitro benzene ring substituents is 1. The summed E-state index contributed by atoms with van der Waals surface area (Å²) in [4.78, 5) is 33.5. The maximum atomic E-state index is 13.1. The largest absolute Gasteiger partial charge is 0.452 e. The van der Waals surface area contributed by atoms with Gasteiger partial charge in [-0.3, -0.25) is 19.7 Å². The number of rotatable bonds is 6. The first-order chi connectivity index (χ1) is 12.6. The van der Waals surface area contributed by atoms with Crippen LogP contribution in [0.4, 0.5) is 24.5 Å². The number of benzene rings is 1. The number of esters is 1. The number of carbonyl (C=O) groups excluding carboxylic acids is 2. The molecule has 0 spiro atoms. The second-order valence-electron chi connectivity index (χ2n) is 5.41. The van der Waals surface area contributed by atoms with Gasteiger partial charge in [0.2, 0.25) is 0 Å². The number of thiophene rings is 1. The number of nitro groups is 1. The van der Waals surface area contributed by atoms with E-state index in [1.807, 2.05) is 5.32 Å². The van der Waals surface area contributed by atoms with Gasteiger partial charge in [-0.1, -0.05) is 0 Å². The standard InChI is InChI=1S/C16H13F3N2O5S/c1-9(26-14(22)6-10-4-5-27-8-10)15(23)20-13-3-2-11(21(24)25)7-12(13)16(17,18)19/h2-5,7-9H,6H2,1H3,(H,20,23)/t9-/m0/s1. The first kappa shape index (κ1) is 20.4. The lowest BCUT2D eigenvalue weighted by molar-refractivity contribution is -0.385. The average molecular weight is 402 g/mol. The van der Waals surface area contributed by atoms with Crippen LogP contribution in [-0.2, 0) is 26.9 Å². The molecular weight excluding hydrogens is 389 g/mol. The van der Waals surface area contributed by atoms with Gasteiger partial charge in [0.1, 0.15) is 0 Å². The van der Waals surface area contributed by atoms with Crippen LogP contribution in [0.15, 0.2) is 35.0 Å². The fourth-order valence-electron chi connectivity index (χ4n) is 2.08. The summed E-state index contributed by atoms with van der Waals surface area (Å²) in [6.45, 7) is 1.21. The van der Waals surface area contributed by atoms with Gasteiger partial charge in [-0.25, -0.2) is 0 Å². The number of anilines is 1. The maximum absolute atomic E-state index is 13.1. The summed E-state index contributed by atoms with van der Waals surface area (Å²) in [7, 11) is 0. The summed E-state index contributed by atoms with van der Waals surface area (Å²) in [6, 6.07) is 3.63. The Balaban J connectivity index is 2.09. The Morgan fingerprint density at radius 1 is 1.33 bits per heavy atom. The summed E-state index contributed by atoms with van der Waals surface area (Å²) >= 11 is 1.37. The van der Waals surface area contributed by atoms with Crippen LogP contribution in [0.5, 0.6) is 0 Å². The van der Waals surface area contributed by atoms with Gasteiger partial charge in [0.25, 0.3) is 11.6 Å². The molecule has 0 unspecified atom stereocenters. The summed E-state index contributed by atoms with van der Waals surface area (Å²) in [6.07, 6.45) is -6.35. The third-order valence-corrected chi connectivity index (χ3v) is 4.12. The van der Waals surface area contributed by atoms with Crippen LogP contribution in [-0.4, -0.2) is 22.9 Å². The molecular formula is C16H13F3N2O5S. The van der Waals surface area contributed by atoms with E-state index >= 15 is 0 Å². The molecule has 1 aromatic carbocycles. The van der Waals surface area contributed by atoms with Crippen molar-refractivity contribution in [1.29, 1.82) is 0 Å². The van der Waals surface area contributed by atoms with Gasteiger partial charge in [0, 0.05) is 12.1 Å². The lowest BCUT2D eigenvalue weighted by Crippen LogP contribution is -2.31. The predicted octanol–water partition coefficient (Wildman–Crippen LogP) is 3.79. The summed E-state index contributed by atoms with van der Waals surface area (Å²) in [5.41, 5.74) is -2.12. The minimum absolute atomic E-state index is 0.0769. The molecule has 0 saturated carbocycles. The van der Waals surface area contributed by atoms with Crippen LogP contribution in [0, 0.1) is 10.1 Å².